The molecular weight excluding hydrogens is 404 g/mol. The van der Waals surface area contributed by atoms with Crippen LogP contribution in [0.1, 0.15) is 58.8 Å². The lowest BCUT2D eigenvalue weighted by atomic mass is 9.51. The molecule has 0 radical (unpaired) electrons. The maximum atomic E-state index is 13.1. The Kier molecular flexibility index (Phi) is 5.57. The van der Waals surface area contributed by atoms with E-state index in [1.165, 1.54) is 12.0 Å². The third kappa shape index (κ3) is 3.59. The molecule has 3 saturated carbocycles. The van der Waals surface area contributed by atoms with Gasteiger partial charge < -0.3 is 0 Å². The van der Waals surface area contributed by atoms with Gasteiger partial charge in [-0.25, -0.2) is 0 Å². The lowest BCUT2D eigenvalue weighted by Gasteiger charge is -2.53. The highest BCUT2D eigenvalue weighted by Crippen LogP contribution is 2.65. The summed E-state index contributed by atoms with van der Waals surface area (Å²) in [6.07, 6.45) is 9.18. The zero-order valence-corrected chi connectivity index (χ0v) is 19.5. The van der Waals surface area contributed by atoms with Gasteiger partial charge in [0.05, 0.1) is 10.8 Å². The second-order valence-electron chi connectivity index (χ2n) is 10.8. The van der Waals surface area contributed by atoms with Crippen LogP contribution in [0.4, 0.5) is 0 Å². The summed E-state index contributed by atoms with van der Waals surface area (Å²) in [5.41, 5.74) is 1.44. The molecule has 4 aliphatic rings. The van der Waals surface area contributed by atoms with Crippen molar-refractivity contribution in [2.24, 2.45) is 40.9 Å². The molecule has 0 bridgehead atoms. The van der Waals surface area contributed by atoms with Crippen LogP contribution in [-0.2, 0) is 20.4 Å². The van der Waals surface area contributed by atoms with E-state index in [1.807, 2.05) is 36.4 Å². The van der Waals surface area contributed by atoms with Crippen molar-refractivity contribution in [1.29, 1.82) is 0 Å². The number of carbonyl (C=O) groups is 2. The molecule has 166 valence electrons. The first kappa shape index (κ1) is 21.3. The molecule has 0 spiro atoms. The molecule has 0 saturated heterocycles. The van der Waals surface area contributed by atoms with Gasteiger partial charge in [0.15, 0.2) is 5.78 Å². The maximum Gasteiger partial charge on any atom is 0.155 e. The van der Waals surface area contributed by atoms with Crippen LogP contribution in [-0.4, -0.2) is 21.5 Å². The summed E-state index contributed by atoms with van der Waals surface area (Å²) in [6, 6.07) is 9.72. The third-order valence-electron chi connectivity index (χ3n) is 9.29. The molecule has 0 amide bonds. The van der Waals surface area contributed by atoms with Gasteiger partial charge in [0, 0.05) is 23.0 Å². The molecule has 0 aromatic heterocycles. The molecule has 4 heteroatoms. The molecular formula is C27H34O3S. The number of hydrogen-bond acceptors (Lipinski definition) is 3. The lowest BCUT2D eigenvalue weighted by Crippen LogP contribution is -2.47. The topological polar surface area (TPSA) is 51.2 Å². The van der Waals surface area contributed by atoms with Crippen LogP contribution < -0.4 is 0 Å². The predicted octanol–water partition coefficient (Wildman–Crippen LogP) is 5.37. The van der Waals surface area contributed by atoms with Crippen molar-refractivity contribution in [1.82, 2.24) is 0 Å². The van der Waals surface area contributed by atoms with Gasteiger partial charge in [0.2, 0.25) is 0 Å². The van der Waals surface area contributed by atoms with E-state index in [2.05, 4.69) is 6.92 Å². The van der Waals surface area contributed by atoms with Crippen LogP contribution in [0.5, 0.6) is 0 Å². The van der Waals surface area contributed by atoms with E-state index < -0.39 is 10.8 Å². The molecule has 1 aromatic carbocycles. The van der Waals surface area contributed by atoms with Gasteiger partial charge >= 0.3 is 0 Å². The Bertz CT molecular complexity index is 935. The summed E-state index contributed by atoms with van der Waals surface area (Å²) in [5.74, 6) is 3.85. The van der Waals surface area contributed by atoms with Gasteiger partial charge in [-0.05, 0) is 98.7 Å². The van der Waals surface area contributed by atoms with E-state index in [0.29, 0.717) is 41.6 Å². The number of carbonyl (C=O) groups excluding carboxylic acids is 2. The maximum absolute atomic E-state index is 13.1. The molecule has 0 aliphatic heterocycles. The Morgan fingerprint density at radius 2 is 1.87 bits per heavy atom. The molecule has 8 atom stereocenters. The fourth-order valence-corrected chi connectivity index (χ4v) is 9.55. The molecule has 1 aromatic rings. The van der Waals surface area contributed by atoms with Gasteiger partial charge in [-0.15, -0.1) is 0 Å². The van der Waals surface area contributed by atoms with Crippen molar-refractivity contribution in [3.05, 3.63) is 42.0 Å². The summed E-state index contributed by atoms with van der Waals surface area (Å²) in [5, 5.41) is 0. The minimum absolute atomic E-state index is 0.0241. The summed E-state index contributed by atoms with van der Waals surface area (Å²) >= 11 is 0. The number of fused-ring (bicyclic) bond motifs is 5. The van der Waals surface area contributed by atoms with Crippen molar-refractivity contribution in [3.63, 3.8) is 0 Å². The molecule has 3 fully saturated rings. The van der Waals surface area contributed by atoms with Crippen LogP contribution in [0.15, 0.2) is 46.9 Å². The quantitative estimate of drug-likeness (QED) is 0.635. The van der Waals surface area contributed by atoms with Crippen molar-refractivity contribution < 1.29 is 13.8 Å². The fourth-order valence-electron chi connectivity index (χ4n) is 8.18. The normalized spacial score (nSPS) is 40.3. The van der Waals surface area contributed by atoms with Crippen molar-refractivity contribution in [2.45, 2.75) is 63.7 Å². The first-order valence-corrected chi connectivity index (χ1v) is 13.4. The summed E-state index contributed by atoms with van der Waals surface area (Å²) in [7, 11) is -1.06. The largest absolute Gasteiger partial charge is 0.300 e. The van der Waals surface area contributed by atoms with E-state index in [9.17, 15) is 13.8 Å². The second-order valence-corrected chi connectivity index (χ2v) is 12.3. The van der Waals surface area contributed by atoms with E-state index >= 15 is 0 Å². The van der Waals surface area contributed by atoms with Crippen LogP contribution in [0.25, 0.3) is 0 Å². The zero-order chi connectivity index (χ0) is 21.8. The number of rotatable bonds is 4. The molecule has 0 N–H and O–H groups in total. The highest BCUT2D eigenvalue weighted by molar-refractivity contribution is 7.85. The fraction of sp³-hybridized carbons (Fsp3) is 0.630. The van der Waals surface area contributed by atoms with E-state index in [1.54, 1.807) is 6.92 Å². The summed E-state index contributed by atoms with van der Waals surface area (Å²) in [4.78, 5) is 25.7. The first-order chi connectivity index (χ1) is 14.9. The highest BCUT2D eigenvalue weighted by Gasteiger charge is 2.60. The smallest absolute Gasteiger partial charge is 0.155 e. The number of Topliss-reactive ketones (excluding diaryl/α,β-unsaturated/α-hetero) is 1. The van der Waals surface area contributed by atoms with Gasteiger partial charge in [-0.3, -0.25) is 13.8 Å². The Morgan fingerprint density at radius 3 is 2.61 bits per heavy atom. The minimum Gasteiger partial charge on any atom is -0.300 e. The zero-order valence-electron chi connectivity index (χ0n) is 18.7. The van der Waals surface area contributed by atoms with E-state index in [-0.39, 0.29) is 23.0 Å². The molecule has 5 rings (SSSR count). The number of allylic oxidation sites excluding steroid dienone is 1. The standard InChI is InChI=1S/C27H34O3S/c1-17(28)26-19(16-31(30)21-6-4-3-5-7-21)15-25-24-10-8-18-14-20(29)9-11-22(18)23(24)12-13-27(25,26)2/h3-7,14,19,22-26H,8-13,15-16H2,1-2H3. The van der Waals surface area contributed by atoms with Crippen molar-refractivity contribution in [2.75, 3.05) is 5.75 Å². The Hall–Kier alpha value is -1.55. The van der Waals surface area contributed by atoms with E-state index in [4.69, 9.17) is 0 Å². The minimum atomic E-state index is -1.06. The first-order valence-electron chi connectivity index (χ1n) is 12.1. The van der Waals surface area contributed by atoms with Crippen LogP contribution >= 0.6 is 0 Å². The van der Waals surface area contributed by atoms with Crippen molar-refractivity contribution >= 4 is 22.4 Å². The highest BCUT2D eigenvalue weighted by atomic mass is 32.2. The van der Waals surface area contributed by atoms with Gasteiger partial charge in [-0.2, -0.15) is 0 Å². The lowest BCUT2D eigenvalue weighted by molar-refractivity contribution is -0.128. The Labute approximate surface area is 188 Å². The molecule has 0 heterocycles. The average molecular weight is 439 g/mol. The summed E-state index contributed by atoms with van der Waals surface area (Å²) in [6.45, 7) is 4.12. The van der Waals surface area contributed by atoms with E-state index in [0.717, 1.165) is 37.0 Å². The van der Waals surface area contributed by atoms with Crippen LogP contribution in [0.2, 0.25) is 0 Å². The SMILES string of the molecule is CC(=O)C1C(CS(=O)c2ccccc2)CC2C3CCC4=CC(=O)CCC4C3CCC21C. The number of ketones is 2. The van der Waals surface area contributed by atoms with Crippen molar-refractivity contribution in [3.8, 4) is 0 Å². The second kappa shape index (κ2) is 8.10. The molecule has 8 unspecified atom stereocenters. The Balaban J connectivity index is 1.41. The van der Waals surface area contributed by atoms with Crippen LogP contribution in [0.3, 0.4) is 0 Å². The number of benzene rings is 1. The van der Waals surface area contributed by atoms with Gasteiger partial charge in [0.25, 0.3) is 0 Å². The molecule has 31 heavy (non-hydrogen) atoms. The molecule has 3 nitrogen and oxygen atoms in total. The van der Waals surface area contributed by atoms with Crippen LogP contribution in [0, 0.1) is 40.9 Å². The molecule has 4 aliphatic carbocycles. The average Bonchev–Trinajstić information content (AvgIpc) is 3.05. The predicted molar refractivity (Wildman–Crippen MR) is 123 cm³/mol. The third-order valence-corrected chi connectivity index (χ3v) is 10.8. The Morgan fingerprint density at radius 1 is 1.10 bits per heavy atom. The van der Waals surface area contributed by atoms with Gasteiger partial charge in [-0.1, -0.05) is 30.7 Å². The number of hydrogen-bond donors (Lipinski definition) is 0. The summed E-state index contributed by atoms with van der Waals surface area (Å²) < 4.78 is 13.1. The monoisotopic (exact) mass is 438 g/mol. The van der Waals surface area contributed by atoms with Gasteiger partial charge in [0.1, 0.15) is 5.78 Å².